The summed E-state index contributed by atoms with van der Waals surface area (Å²) in [6, 6.07) is 10.7. The number of rotatable bonds is 5. The van der Waals surface area contributed by atoms with Crippen LogP contribution in [0, 0.1) is 11.3 Å². The zero-order chi connectivity index (χ0) is 12.8. The van der Waals surface area contributed by atoms with Gasteiger partial charge in [0.1, 0.15) is 6.04 Å². The Balaban J connectivity index is 2.94. The van der Waals surface area contributed by atoms with E-state index in [1.807, 2.05) is 0 Å². The van der Waals surface area contributed by atoms with Crippen LogP contribution in [0.15, 0.2) is 24.3 Å². The summed E-state index contributed by atoms with van der Waals surface area (Å²) in [4.78, 5) is 2.17. The van der Waals surface area contributed by atoms with E-state index in [9.17, 15) is 5.26 Å². The summed E-state index contributed by atoms with van der Waals surface area (Å²) in [6.07, 6.45) is 0. The second kappa shape index (κ2) is 6.42. The van der Waals surface area contributed by atoms with Gasteiger partial charge < -0.3 is 0 Å². The molecule has 0 radical (unpaired) electrons. The van der Waals surface area contributed by atoms with E-state index < -0.39 is 0 Å². The van der Waals surface area contributed by atoms with Gasteiger partial charge in [-0.15, -0.1) is 0 Å². The molecule has 0 aromatic heterocycles. The van der Waals surface area contributed by atoms with Crippen LogP contribution < -0.4 is 0 Å². The maximum atomic E-state index is 9.30. The largest absolute Gasteiger partial charge is 0.285 e. The molecule has 0 aliphatic carbocycles. The summed E-state index contributed by atoms with van der Waals surface area (Å²) in [6.45, 7) is 10.4. The summed E-state index contributed by atoms with van der Waals surface area (Å²) in [5, 5.41) is 9.30. The van der Waals surface area contributed by atoms with Gasteiger partial charge in [0, 0.05) is 0 Å². The van der Waals surface area contributed by atoms with E-state index in [2.05, 4.69) is 62.9 Å². The Morgan fingerprint density at radius 3 is 1.88 bits per heavy atom. The summed E-state index contributed by atoms with van der Waals surface area (Å²) in [5.41, 5.74) is 2.42. The molecule has 1 aromatic rings. The topological polar surface area (TPSA) is 27.0 Å². The third kappa shape index (κ3) is 3.31. The van der Waals surface area contributed by atoms with E-state index in [4.69, 9.17) is 0 Å². The van der Waals surface area contributed by atoms with Gasteiger partial charge in [-0.25, -0.2) is 0 Å². The van der Waals surface area contributed by atoms with Gasteiger partial charge >= 0.3 is 0 Å². The average molecular weight is 230 g/mol. The lowest BCUT2D eigenvalue weighted by Gasteiger charge is -2.24. The van der Waals surface area contributed by atoms with Crippen LogP contribution in [0.1, 0.15) is 50.8 Å². The van der Waals surface area contributed by atoms with Crippen molar-refractivity contribution in [2.45, 2.75) is 39.7 Å². The van der Waals surface area contributed by atoms with E-state index in [-0.39, 0.29) is 6.04 Å². The van der Waals surface area contributed by atoms with Gasteiger partial charge in [0.25, 0.3) is 0 Å². The molecule has 0 amide bonds. The maximum absolute atomic E-state index is 9.30. The van der Waals surface area contributed by atoms with E-state index in [0.29, 0.717) is 5.92 Å². The third-order valence-electron chi connectivity index (χ3n) is 3.22. The smallest absolute Gasteiger partial charge is 0.123 e. The molecule has 0 N–H and O–H groups in total. The molecular weight excluding hydrogens is 208 g/mol. The van der Waals surface area contributed by atoms with Crippen LogP contribution in [-0.4, -0.2) is 18.0 Å². The van der Waals surface area contributed by atoms with Crippen molar-refractivity contribution in [3.8, 4) is 6.07 Å². The Hall–Kier alpha value is -1.33. The van der Waals surface area contributed by atoms with E-state index in [1.165, 1.54) is 5.56 Å². The Kier molecular flexibility index (Phi) is 5.18. The van der Waals surface area contributed by atoms with E-state index in [0.717, 1.165) is 18.7 Å². The molecule has 17 heavy (non-hydrogen) atoms. The molecule has 0 spiro atoms. The first-order chi connectivity index (χ1) is 8.13. The van der Waals surface area contributed by atoms with Crippen molar-refractivity contribution in [2.75, 3.05) is 13.1 Å². The number of hydrogen-bond acceptors (Lipinski definition) is 2. The lowest BCUT2D eigenvalue weighted by atomic mass is 9.99. The van der Waals surface area contributed by atoms with Gasteiger partial charge in [-0.05, 0) is 30.1 Å². The molecule has 0 saturated heterocycles. The Morgan fingerprint density at radius 2 is 1.53 bits per heavy atom. The van der Waals surface area contributed by atoms with Crippen molar-refractivity contribution >= 4 is 0 Å². The van der Waals surface area contributed by atoms with Crippen molar-refractivity contribution in [1.29, 1.82) is 5.26 Å². The highest BCUT2D eigenvalue weighted by Crippen LogP contribution is 2.22. The van der Waals surface area contributed by atoms with Crippen LogP contribution in [0.4, 0.5) is 0 Å². The molecule has 0 aliphatic rings. The molecule has 0 saturated carbocycles. The Morgan fingerprint density at radius 1 is 1.06 bits per heavy atom. The number of benzene rings is 1. The van der Waals surface area contributed by atoms with Crippen LogP contribution in [0.25, 0.3) is 0 Å². The molecule has 92 valence electrons. The van der Waals surface area contributed by atoms with Crippen LogP contribution >= 0.6 is 0 Å². The molecule has 0 aliphatic heterocycles. The fourth-order valence-corrected chi connectivity index (χ4v) is 2.02. The maximum Gasteiger partial charge on any atom is 0.123 e. The second-order valence-electron chi connectivity index (χ2n) is 4.57. The molecule has 1 rings (SSSR count). The summed E-state index contributed by atoms with van der Waals surface area (Å²) in [5.74, 6) is 0.540. The first kappa shape index (κ1) is 13.7. The number of nitriles is 1. The second-order valence-corrected chi connectivity index (χ2v) is 4.57. The summed E-state index contributed by atoms with van der Waals surface area (Å²) < 4.78 is 0. The molecule has 2 nitrogen and oxygen atoms in total. The van der Waals surface area contributed by atoms with Gasteiger partial charge in [0.05, 0.1) is 6.07 Å². The quantitative estimate of drug-likeness (QED) is 0.771. The predicted octanol–water partition coefficient (Wildman–Crippen LogP) is 3.72. The molecular formula is C15H22N2. The molecule has 1 unspecified atom stereocenters. The van der Waals surface area contributed by atoms with Crippen LogP contribution in [0.3, 0.4) is 0 Å². The van der Waals surface area contributed by atoms with Gasteiger partial charge in [-0.2, -0.15) is 5.26 Å². The first-order valence-electron chi connectivity index (χ1n) is 6.37. The Bertz CT molecular complexity index is 369. The van der Waals surface area contributed by atoms with Crippen LogP contribution in [0.2, 0.25) is 0 Å². The van der Waals surface area contributed by atoms with Crippen LogP contribution in [0.5, 0.6) is 0 Å². The van der Waals surface area contributed by atoms with Crippen molar-refractivity contribution in [3.63, 3.8) is 0 Å². The Labute approximate surface area is 105 Å². The molecule has 1 aromatic carbocycles. The minimum atomic E-state index is -0.119. The average Bonchev–Trinajstić information content (AvgIpc) is 2.36. The highest BCUT2D eigenvalue weighted by atomic mass is 15.1. The fraction of sp³-hybridized carbons (Fsp3) is 0.533. The minimum absolute atomic E-state index is 0.119. The normalized spacial score (nSPS) is 12.8. The highest BCUT2D eigenvalue weighted by Gasteiger charge is 2.16. The molecule has 1 atom stereocenters. The number of nitrogens with zero attached hydrogens (tertiary/aromatic N) is 2. The number of hydrogen-bond donors (Lipinski definition) is 0. The van der Waals surface area contributed by atoms with Gasteiger partial charge in [-0.1, -0.05) is 52.0 Å². The zero-order valence-corrected chi connectivity index (χ0v) is 11.3. The van der Waals surface area contributed by atoms with Crippen molar-refractivity contribution in [3.05, 3.63) is 35.4 Å². The van der Waals surface area contributed by atoms with Crippen molar-refractivity contribution in [1.82, 2.24) is 4.90 Å². The van der Waals surface area contributed by atoms with Crippen molar-refractivity contribution in [2.24, 2.45) is 0 Å². The van der Waals surface area contributed by atoms with Gasteiger partial charge in [0.15, 0.2) is 0 Å². The van der Waals surface area contributed by atoms with Gasteiger partial charge in [0.2, 0.25) is 0 Å². The van der Waals surface area contributed by atoms with E-state index in [1.54, 1.807) is 0 Å². The van der Waals surface area contributed by atoms with Gasteiger partial charge in [-0.3, -0.25) is 4.90 Å². The first-order valence-corrected chi connectivity index (χ1v) is 6.37. The van der Waals surface area contributed by atoms with Crippen molar-refractivity contribution < 1.29 is 0 Å². The molecule has 0 bridgehead atoms. The molecule has 0 fully saturated rings. The monoisotopic (exact) mass is 230 g/mol. The third-order valence-corrected chi connectivity index (χ3v) is 3.22. The molecule has 2 heteroatoms. The minimum Gasteiger partial charge on any atom is -0.285 e. The summed E-state index contributed by atoms with van der Waals surface area (Å²) in [7, 11) is 0. The van der Waals surface area contributed by atoms with Crippen LogP contribution in [-0.2, 0) is 0 Å². The predicted molar refractivity (Wildman–Crippen MR) is 71.8 cm³/mol. The fourth-order valence-electron chi connectivity index (χ4n) is 2.02. The standard InChI is InChI=1S/C15H22N2/c1-5-17(6-2)15(11-16)14-9-7-13(8-10-14)12(3)4/h7-10,12,15H,5-6H2,1-4H3. The summed E-state index contributed by atoms with van der Waals surface area (Å²) >= 11 is 0. The highest BCUT2D eigenvalue weighted by molar-refractivity contribution is 5.29. The lowest BCUT2D eigenvalue weighted by Crippen LogP contribution is -2.27. The zero-order valence-electron chi connectivity index (χ0n) is 11.3. The SMILES string of the molecule is CCN(CC)C(C#N)c1ccc(C(C)C)cc1. The lowest BCUT2D eigenvalue weighted by molar-refractivity contribution is 0.262. The van der Waals surface area contributed by atoms with E-state index >= 15 is 0 Å². The molecule has 0 heterocycles.